The van der Waals surface area contributed by atoms with Gasteiger partial charge in [-0.15, -0.1) is 0 Å². The molecule has 0 aromatic carbocycles. The second kappa shape index (κ2) is 7.33. The average molecular weight is 241 g/mol. The molecule has 0 unspecified atom stereocenters. The van der Waals surface area contributed by atoms with E-state index in [0.29, 0.717) is 0 Å². The number of allylic oxidation sites excluding steroid dienone is 5. The van der Waals surface area contributed by atoms with Crippen LogP contribution in [0.5, 0.6) is 0 Å². The molecule has 0 amide bonds. The summed E-state index contributed by atoms with van der Waals surface area (Å²) in [6.45, 7) is 10.5. The van der Waals surface area contributed by atoms with Crippen molar-refractivity contribution in [1.82, 2.24) is 0 Å². The van der Waals surface area contributed by atoms with Gasteiger partial charge in [0.15, 0.2) is 0 Å². The predicted octanol–water partition coefficient (Wildman–Crippen LogP) is 3.51. The zero-order chi connectivity index (χ0) is 13.4. The van der Waals surface area contributed by atoms with Gasteiger partial charge in [0.05, 0.1) is 5.70 Å². The van der Waals surface area contributed by atoms with Crippen molar-refractivity contribution in [1.29, 1.82) is 5.41 Å². The zero-order valence-electron chi connectivity index (χ0n) is 10.8. The lowest BCUT2D eigenvalue weighted by Gasteiger charge is -2.06. The monoisotopic (exact) mass is 241 g/mol. The van der Waals surface area contributed by atoms with Crippen molar-refractivity contribution in [2.45, 2.75) is 19.8 Å². The summed E-state index contributed by atoms with van der Waals surface area (Å²) in [5.41, 5.74) is 3.54. The van der Waals surface area contributed by atoms with Crippen molar-refractivity contribution in [3.8, 4) is 0 Å². The van der Waals surface area contributed by atoms with Gasteiger partial charge >= 0.3 is 0 Å². The Morgan fingerprint density at radius 1 is 1.56 bits per heavy atom. The van der Waals surface area contributed by atoms with Crippen molar-refractivity contribution in [3.05, 3.63) is 48.2 Å². The molecule has 0 saturated carbocycles. The van der Waals surface area contributed by atoms with Gasteiger partial charge in [-0.3, -0.25) is 9.98 Å². The molecule has 3 nitrogen and oxygen atoms in total. The van der Waals surface area contributed by atoms with E-state index in [1.54, 1.807) is 12.2 Å². The van der Waals surface area contributed by atoms with Crippen LogP contribution in [0.15, 0.2) is 58.2 Å². The molecule has 1 N–H and O–H groups in total. The molecular formula is C15H19N3. The van der Waals surface area contributed by atoms with Gasteiger partial charge in [0.2, 0.25) is 0 Å². The maximum absolute atomic E-state index is 7.08. The summed E-state index contributed by atoms with van der Waals surface area (Å²) >= 11 is 0. The molecule has 1 heterocycles. The molecule has 0 saturated heterocycles. The third-order valence-corrected chi connectivity index (χ3v) is 2.69. The van der Waals surface area contributed by atoms with E-state index in [-0.39, 0.29) is 0 Å². The Bertz CT molecular complexity index is 462. The number of aliphatic imine (C=N–C) groups is 2. The summed E-state index contributed by atoms with van der Waals surface area (Å²) in [4.78, 5) is 8.70. The molecule has 1 rings (SSSR count). The van der Waals surface area contributed by atoms with E-state index in [2.05, 4.69) is 23.1 Å². The summed E-state index contributed by atoms with van der Waals surface area (Å²) in [6.07, 6.45) is 10.4. The Morgan fingerprint density at radius 2 is 2.33 bits per heavy atom. The molecule has 0 aromatic heterocycles. The number of hydrogen-bond donors (Lipinski definition) is 1. The molecule has 0 aliphatic carbocycles. The lowest BCUT2D eigenvalue weighted by Crippen LogP contribution is -1.97. The molecule has 1 aliphatic heterocycles. The normalized spacial score (nSPS) is 16.8. The molecule has 94 valence electrons. The fourth-order valence-electron chi connectivity index (χ4n) is 1.67. The molecule has 18 heavy (non-hydrogen) atoms. The molecule has 0 radical (unpaired) electrons. The van der Waals surface area contributed by atoms with Crippen LogP contribution in [0.25, 0.3) is 0 Å². The van der Waals surface area contributed by atoms with E-state index >= 15 is 0 Å². The van der Waals surface area contributed by atoms with E-state index in [1.807, 2.05) is 19.2 Å². The number of hydrogen-bond acceptors (Lipinski definition) is 3. The molecule has 0 aromatic rings. The minimum Gasteiger partial charge on any atom is -0.309 e. The fraction of sp³-hybridized carbons (Fsp3) is 0.267. The van der Waals surface area contributed by atoms with Crippen LogP contribution in [0.3, 0.4) is 0 Å². The highest BCUT2D eigenvalue weighted by molar-refractivity contribution is 6.04. The van der Waals surface area contributed by atoms with Crippen LogP contribution in [-0.4, -0.2) is 24.7 Å². The third kappa shape index (κ3) is 4.09. The number of nitrogens with one attached hydrogen (secondary N) is 1. The fourth-order valence-corrected chi connectivity index (χ4v) is 1.67. The maximum atomic E-state index is 7.08. The number of rotatable bonds is 5. The molecule has 0 spiro atoms. The Kier molecular flexibility index (Phi) is 5.71. The van der Waals surface area contributed by atoms with Crippen LogP contribution in [0.1, 0.15) is 19.8 Å². The van der Waals surface area contributed by atoms with Crippen molar-refractivity contribution in [3.63, 3.8) is 0 Å². The van der Waals surface area contributed by atoms with E-state index in [4.69, 9.17) is 5.41 Å². The van der Waals surface area contributed by atoms with Crippen molar-refractivity contribution in [2.24, 2.45) is 9.98 Å². The van der Waals surface area contributed by atoms with Crippen LogP contribution in [0, 0.1) is 5.41 Å². The molecule has 0 fully saturated rings. The van der Waals surface area contributed by atoms with E-state index in [1.165, 1.54) is 6.21 Å². The van der Waals surface area contributed by atoms with Crippen LogP contribution < -0.4 is 0 Å². The first-order valence-corrected chi connectivity index (χ1v) is 5.96. The standard InChI is InChI=1S/C15H19N3/c1-4-14(7-9-16)12(2)18-13(3)15-6-5-10-17-11-8-15/h4,7-9,11,16H,1,3,5-6,10H2,2H3/b14-7+,16-9?,18-12?. The average Bonchev–Trinajstić information content (AvgIpc) is 2.64. The van der Waals surface area contributed by atoms with Gasteiger partial charge < -0.3 is 5.41 Å². The predicted molar refractivity (Wildman–Crippen MR) is 80.0 cm³/mol. The van der Waals surface area contributed by atoms with Crippen molar-refractivity contribution in [2.75, 3.05) is 6.54 Å². The quantitative estimate of drug-likeness (QED) is 0.565. The van der Waals surface area contributed by atoms with E-state index in [9.17, 15) is 0 Å². The number of nitrogens with zero attached hydrogens (tertiary/aromatic N) is 2. The van der Waals surface area contributed by atoms with Gasteiger partial charge in [0.1, 0.15) is 0 Å². The lowest BCUT2D eigenvalue weighted by atomic mass is 10.1. The SMILES string of the molecule is C=C/C(=C\C=N)C(C)=NC(=C)C1=CC=NCCC1. The Hall–Kier alpha value is -2.03. The van der Waals surface area contributed by atoms with Gasteiger partial charge in [-0.1, -0.05) is 19.2 Å². The highest BCUT2D eigenvalue weighted by Crippen LogP contribution is 2.18. The first-order valence-electron chi connectivity index (χ1n) is 5.96. The topological polar surface area (TPSA) is 48.6 Å². The van der Waals surface area contributed by atoms with Gasteiger partial charge in [-0.25, -0.2) is 0 Å². The Morgan fingerprint density at radius 3 is 3.00 bits per heavy atom. The second-order valence-electron chi connectivity index (χ2n) is 3.99. The minimum absolute atomic E-state index is 0.763. The molecule has 0 atom stereocenters. The first-order chi connectivity index (χ1) is 8.69. The van der Waals surface area contributed by atoms with Gasteiger partial charge in [-0.2, -0.15) is 0 Å². The first kappa shape index (κ1) is 14.0. The van der Waals surface area contributed by atoms with Crippen LogP contribution in [-0.2, 0) is 0 Å². The van der Waals surface area contributed by atoms with Crippen LogP contribution >= 0.6 is 0 Å². The van der Waals surface area contributed by atoms with Crippen molar-refractivity contribution < 1.29 is 0 Å². The smallest absolute Gasteiger partial charge is 0.0593 e. The summed E-state index contributed by atoms with van der Waals surface area (Å²) < 4.78 is 0. The summed E-state index contributed by atoms with van der Waals surface area (Å²) in [6, 6.07) is 0. The van der Waals surface area contributed by atoms with Gasteiger partial charge in [-0.05, 0) is 43.1 Å². The van der Waals surface area contributed by atoms with E-state index in [0.717, 1.165) is 41.9 Å². The van der Waals surface area contributed by atoms with Crippen LogP contribution in [0.4, 0.5) is 0 Å². The molecule has 1 aliphatic rings. The molecule has 3 heteroatoms. The lowest BCUT2D eigenvalue weighted by molar-refractivity contribution is 0.839. The largest absolute Gasteiger partial charge is 0.309 e. The minimum atomic E-state index is 0.763. The van der Waals surface area contributed by atoms with Crippen LogP contribution in [0.2, 0.25) is 0 Å². The Labute approximate surface area is 109 Å². The highest BCUT2D eigenvalue weighted by Gasteiger charge is 2.05. The summed E-state index contributed by atoms with van der Waals surface area (Å²) in [5.74, 6) is 0. The summed E-state index contributed by atoms with van der Waals surface area (Å²) in [7, 11) is 0. The third-order valence-electron chi connectivity index (χ3n) is 2.69. The Balaban J connectivity index is 2.88. The van der Waals surface area contributed by atoms with E-state index < -0.39 is 0 Å². The molecular weight excluding hydrogens is 222 g/mol. The van der Waals surface area contributed by atoms with Gasteiger partial charge in [0, 0.05) is 24.7 Å². The van der Waals surface area contributed by atoms with Crippen molar-refractivity contribution >= 4 is 18.1 Å². The van der Waals surface area contributed by atoms with Gasteiger partial charge in [0.25, 0.3) is 0 Å². The highest BCUT2D eigenvalue weighted by atomic mass is 14.8. The second-order valence-corrected chi connectivity index (χ2v) is 3.99. The summed E-state index contributed by atoms with van der Waals surface area (Å²) in [5, 5.41) is 7.08. The zero-order valence-corrected chi connectivity index (χ0v) is 10.8. The maximum Gasteiger partial charge on any atom is 0.0593 e. The molecule has 0 bridgehead atoms.